The molecule has 10 heavy (non-hydrogen) atoms. The minimum Gasteiger partial charge on any atom is -3.00 e. The van der Waals surface area contributed by atoms with Crippen molar-refractivity contribution < 1.29 is 60.3 Å². The summed E-state index contributed by atoms with van der Waals surface area (Å²) in [5, 5.41) is 0. The number of hydrogen-bond donors (Lipinski definition) is 0. The van der Waals surface area contributed by atoms with Gasteiger partial charge in [0.15, 0.2) is 0 Å². The summed E-state index contributed by atoms with van der Waals surface area (Å²) in [6.45, 7) is 0. The second-order valence-electron chi connectivity index (χ2n) is 0. The minimum absolute atomic E-state index is 0. The Morgan fingerprint density at radius 3 is 0.200 bits per heavy atom. The molecule has 0 aromatic carbocycles. The normalized spacial score (nSPS) is 0. The van der Waals surface area contributed by atoms with Gasteiger partial charge in [0.05, 0.1) is 0 Å². The van der Waals surface area contributed by atoms with Gasteiger partial charge in [0.2, 0.25) is 0 Å². The van der Waals surface area contributed by atoms with Crippen molar-refractivity contribution in [3.05, 3.63) is 43.1 Å². The van der Waals surface area contributed by atoms with E-state index in [2.05, 4.69) is 0 Å². The van der Waals surface area contributed by atoms with Crippen molar-refractivity contribution in [3.8, 4) is 0 Å². The predicted molar refractivity (Wildman–Crippen MR) is 23.5 cm³/mol. The summed E-state index contributed by atoms with van der Waals surface area (Å²) in [6.07, 6.45) is 0. The molecule has 0 saturated heterocycles. The standard InChI is InChI=1S/7N.3Tc/q7*-3;3*+7. The molecule has 0 fully saturated rings. The molecule has 0 spiro atoms. The van der Waals surface area contributed by atoms with Gasteiger partial charge in [-0.25, -0.2) is 0 Å². The van der Waals surface area contributed by atoms with Crippen LogP contribution in [0.15, 0.2) is 0 Å². The predicted octanol–water partition coefficient (Wildman–Crippen LogP) is 2.01. The molecule has 7 nitrogen and oxygen atoms in total. The summed E-state index contributed by atoms with van der Waals surface area (Å²) < 4.78 is 0. The van der Waals surface area contributed by atoms with E-state index in [0.29, 0.717) is 0 Å². The largest absolute Gasteiger partial charge is 7.00 e. The Balaban J connectivity index is 0. The fourth-order valence-corrected chi connectivity index (χ4v) is 0. The fraction of sp³-hybridized carbons (Fsp3) is 0. The number of rotatable bonds is 0. The Hall–Kier alpha value is 1.67. The van der Waals surface area contributed by atoms with Crippen LogP contribution in [0, 0.1) is 0 Å². The third-order valence-corrected chi connectivity index (χ3v) is 0. The second-order valence-corrected chi connectivity index (χ2v) is 0. The Kier molecular flexibility index (Phi) is 17100. The second kappa shape index (κ2) is 358. The van der Waals surface area contributed by atoms with Crippen LogP contribution in [0.2, 0.25) is 0 Å². The molecule has 0 aromatic rings. The van der Waals surface area contributed by atoms with Crippen LogP contribution in [0.3, 0.4) is 0 Å². The SMILES string of the molecule is [N-3].[N-3].[N-3].[N-3].[N-3].[N-3].[N-3].[Tc+7].[Tc+7].[Tc+7]. The molecule has 0 rings (SSSR count). The summed E-state index contributed by atoms with van der Waals surface area (Å²) in [7, 11) is 0. The molecule has 0 N–H and O–H groups in total. The van der Waals surface area contributed by atoms with E-state index in [1.807, 2.05) is 0 Å². The Morgan fingerprint density at radius 2 is 0.200 bits per heavy atom. The molecular weight excluding hydrogens is 392 g/mol. The van der Waals surface area contributed by atoms with Crippen molar-refractivity contribution in [1.82, 2.24) is 0 Å². The van der Waals surface area contributed by atoms with E-state index < -0.39 is 0 Å². The van der Waals surface area contributed by atoms with Crippen molar-refractivity contribution in [1.29, 1.82) is 0 Å². The molecule has 10 heteroatoms. The number of hydrogen-bond acceptors (Lipinski definition) is 0. The first-order chi connectivity index (χ1) is 0. The van der Waals surface area contributed by atoms with Crippen LogP contribution in [0.5, 0.6) is 0 Å². The summed E-state index contributed by atoms with van der Waals surface area (Å²) in [5.74, 6) is 0. The van der Waals surface area contributed by atoms with E-state index in [-0.39, 0.29) is 103 Å². The van der Waals surface area contributed by atoms with Gasteiger partial charge in [0.1, 0.15) is 0 Å². The first-order valence-corrected chi connectivity index (χ1v) is 0. The van der Waals surface area contributed by atoms with Crippen LogP contribution >= 0.6 is 0 Å². The van der Waals surface area contributed by atoms with Crippen LogP contribution in [0.25, 0.3) is 43.1 Å². The van der Waals surface area contributed by atoms with Crippen LogP contribution in [0.4, 0.5) is 0 Å². The molecule has 0 heterocycles. The van der Waals surface area contributed by atoms with Gasteiger partial charge in [0.25, 0.3) is 0 Å². The monoisotopic (exact) mass is 389 g/mol. The van der Waals surface area contributed by atoms with E-state index in [1.54, 1.807) is 0 Å². The van der Waals surface area contributed by atoms with E-state index in [4.69, 9.17) is 0 Å². The minimum atomic E-state index is 0. The van der Waals surface area contributed by atoms with Gasteiger partial charge in [-0.05, 0) is 0 Å². The van der Waals surface area contributed by atoms with E-state index >= 15 is 0 Å². The van der Waals surface area contributed by atoms with Crippen molar-refractivity contribution in [2.75, 3.05) is 0 Å². The third kappa shape index (κ3) is 261. The van der Waals surface area contributed by atoms with Crippen molar-refractivity contribution in [2.45, 2.75) is 0 Å². The average molecular weight is 392 g/mol. The number of nitrogens with zero attached hydrogens (tertiary/aromatic N) is 7. The van der Waals surface area contributed by atoms with Crippen LogP contribution in [-0.4, -0.2) is 0 Å². The first-order valence-electron chi connectivity index (χ1n) is 0. The average Bonchev–Trinajstić information content (AvgIpc) is 0. The van der Waals surface area contributed by atoms with E-state index in [0.717, 1.165) is 0 Å². The Labute approximate surface area is 103 Å². The van der Waals surface area contributed by atoms with Crippen molar-refractivity contribution in [3.63, 3.8) is 0 Å². The molecule has 0 saturated carbocycles. The molecule has 56 valence electrons. The summed E-state index contributed by atoms with van der Waals surface area (Å²) >= 11 is 0. The molecule has 0 aliphatic carbocycles. The van der Waals surface area contributed by atoms with Crippen LogP contribution < -0.4 is 0 Å². The first kappa shape index (κ1) is 477. The third-order valence-electron chi connectivity index (χ3n) is 0. The maximum Gasteiger partial charge on any atom is 7.00 e. The molecule has 0 aliphatic rings. The molecular formula is N7Tc3. The zero-order valence-electron chi connectivity index (χ0n) is 4.26. The smallest absolute Gasteiger partial charge is 3.00 e. The quantitative estimate of drug-likeness (QED) is 0.578. The maximum atomic E-state index is 0. The Morgan fingerprint density at radius 1 is 0.200 bits per heavy atom. The van der Waals surface area contributed by atoms with Gasteiger partial charge in [0, 0.05) is 0 Å². The van der Waals surface area contributed by atoms with Gasteiger partial charge in [-0.1, -0.05) is 0 Å². The van der Waals surface area contributed by atoms with Crippen molar-refractivity contribution in [2.24, 2.45) is 0 Å². The topological polar surface area (TPSA) is 214 Å². The summed E-state index contributed by atoms with van der Waals surface area (Å²) in [5.41, 5.74) is 0. The maximum absolute atomic E-state index is 0. The molecule has 0 aliphatic heterocycles. The summed E-state index contributed by atoms with van der Waals surface area (Å²) in [6, 6.07) is 0. The van der Waals surface area contributed by atoms with Crippen molar-refractivity contribution >= 4 is 0 Å². The summed E-state index contributed by atoms with van der Waals surface area (Å²) in [4.78, 5) is 0. The zero-order valence-corrected chi connectivity index (χ0v) is 9.84. The molecule has 0 aromatic heterocycles. The van der Waals surface area contributed by atoms with Gasteiger partial charge in [-0.2, -0.15) is 0 Å². The van der Waals surface area contributed by atoms with Gasteiger partial charge >= 0.3 is 60.3 Å². The molecule has 0 unspecified atom stereocenters. The zero-order chi connectivity index (χ0) is 0. The van der Waals surface area contributed by atoms with E-state index in [1.165, 1.54) is 0 Å². The Bertz CT molecular complexity index is 8.81. The fourth-order valence-electron chi connectivity index (χ4n) is 0. The van der Waals surface area contributed by atoms with Gasteiger partial charge in [-0.15, -0.1) is 0 Å². The van der Waals surface area contributed by atoms with Gasteiger partial charge in [-0.3, -0.25) is 0 Å². The molecule has 0 bridgehead atoms. The van der Waals surface area contributed by atoms with Gasteiger partial charge < -0.3 is 43.1 Å². The van der Waals surface area contributed by atoms with Crippen LogP contribution in [0.1, 0.15) is 0 Å². The molecule has 0 atom stereocenters. The molecule has 0 radical (unpaired) electrons. The molecule has 0 amide bonds. The van der Waals surface area contributed by atoms with E-state index in [9.17, 15) is 0 Å². The van der Waals surface area contributed by atoms with Crippen LogP contribution in [-0.2, 0) is 60.3 Å².